The number of rotatable bonds is 9. The van der Waals surface area contributed by atoms with E-state index in [4.69, 9.17) is 0 Å². The molecule has 0 aromatic carbocycles. The number of nitrogens with one attached hydrogen (secondary N) is 1. The molecule has 1 aliphatic rings. The third-order valence-corrected chi connectivity index (χ3v) is 3.86. The lowest BCUT2D eigenvalue weighted by molar-refractivity contribution is 0.509. The first-order valence-corrected chi connectivity index (χ1v) is 7.51. The van der Waals surface area contributed by atoms with E-state index < -0.39 is 0 Å². The Balaban J connectivity index is 1.67. The van der Waals surface area contributed by atoms with Gasteiger partial charge in [-0.05, 0) is 29.7 Å². The van der Waals surface area contributed by atoms with Crippen molar-refractivity contribution in [3.8, 4) is 0 Å². The predicted octanol–water partition coefficient (Wildman–Crippen LogP) is 1.71. The summed E-state index contributed by atoms with van der Waals surface area (Å²) in [4.78, 5) is 0. The molecule has 2 rings (SSSR count). The number of unbranched alkanes of at least 4 members (excludes halogenated alkanes) is 2. The molecule has 0 atom stereocenters. The Labute approximate surface area is 107 Å². The topological polar surface area (TPSA) is 55.6 Å². The molecule has 1 aromatic rings. The van der Waals surface area contributed by atoms with E-state index in [9.17, 15) is 0 Å². The Bertz CT molecular complexity index is 323. The average Bonchev–Trinajstić information content (AvgIpc) is 3.05. The third kappa shape index (κ3) is 4.63. The Kier molecular flexibility index (Phi) is 5.25. The largest absolute Gasteiger partial charge is 0.312 e. The maximum atomic E-state index is 4.06. The van der Waals surface area contributed by atoms with Gasteiger partial charge in [-0.2, -0.15) is 0 Å². The van der Waals surface area contributed by atoms with E-state index in [0.29, 0.717) is 0 Å². The van der Waals surface area contributed by atoms with E-state index in [2.05, 4.69) is 27.8 Å². The molecule has 6 heteroatoms. The summed E-state index contributed by atoms with van der Waals surface area (Å²) in [5, 5.41) is 16.3. The molecule has 5 nitrogen and oxygen atoms in total. The minimum Gasteiger partial charge on any atom is -0.312 e. The average molecular weight is 255 g/mol. The first-order valence-electron chi connectivity index (χ1n) is 6.52. The van der Waals surface area contributed by atoms with Crippen molar-refractivity contribution in [2.75, 3.05) is 12.3 Å². The van der Waals surface area contributed by atoms with Gasteiger partial charge in [-0.25, -0.2) is 4.68 Å². The monoisotopic (exact) mass is 255 g/mol. The van der Waals surface area contributed by atoms with Crippen molar-refractivity contribution in [1.29, 1.82) is 0 Å². The maximum Gasteiger partial charge on any atom is 0.209 e. The fraction of sp³-hybridized carbons (Fsp3) is 0.909. The van der Waals surface area contributed by atoms with Crippen LogP contribution in [0.3, 0.4) is 0 Å². The number of nitrogens with zero attached hydrogens (tertiary/aromatic N) is 4. The number of tetrazole rings is 1. The summed E-state index contributed by atoms with van der Waals surface area (Å²) in [6.07, 6.45) is 6.45. The van der Waals surface area contributed by atoms with Crippen LogP contribution in [0.2, 0.25) is 0 Å². The van der Waals surface area contributed by atoms with Crippen LogP contribution in [-0.4, -0.2) is 38.5 Å². The molecule has 0 amide bonds. The zero-order valence-corrected chi connectivity index (χ0v) is 11.2. The number of thioether (sulfide) groups is 1. The van der Waals surface area contributed by atoms with Gasteiger partial charge in [-0.3, -0.25) is 0 Å². The molecule has 1 saturated carbocycles. The van der Waals surface area contributed by atoms with Crippen molar-refractivity contribution in [2.24, 2.45) is 0 Å². The molecule has 1 N–H and O–H groups in total. The van der Waals surface area contributed by atoms with E-state index in [1.807, 2.05) is 4.68 Å². The zero-order chi connectivity index (χ0) is 11.9. The van der Waals surface area contributed by atoms with Gasteiger partial charge in [0.05, 0.1) is 6.54 Å². The quantitative estimate of drug-likeness (QED) is 0.538. The van der Waals surface area contributed by atoms with Crippen LogP contribution >= 0.6 is 11.8 Å². The van der Waals surface area contributed by atoms with Gasteiger partial charge in [-0.1, -0.05) is 31.5 Å². The first-order chi connectivity index (χ1) is 8.40. The molecule has 1 fully saturated rings. The highest BCUT2D eigenvalue weighted by Crippen LogP contribution is 2.18. The predicted molar refractivity (Wildman–Crippen MR) is 69.1 cm³/mol. The van der Waals surface area contributed by atoms with Gasteiger partial charge >= 0.3 is 0 Å². The van der Waals surface area contributed by atoms with Gasteiger partial charge in [0, 0.05) is 18.3 Å². The lowest BCUT2D eigenvalue weighted by Crippen LogP contribution is -2.22. The van der Waals surface area contributed by atoms with Crippen LogP contribution in [0.1, 0.15) is 39.0 Å². The highest BCUT2D eigenvalue weighted by Gasteiger charge is 2.19. The van der Waals surface area contributed by atoms with Gasteiger partial charge in [0.1, 0.15) is 0 Å². The van der Waals surface area contributed by atoms with E-state index >= 15 is 0 Å². The lowest BCUT2D eigenvalue weighted by atomic mass is 10.3. The molecule has 0 saturated heterocycles. The van der Waals surface area contributed by atoms with Crippen molar-refractivity contribution >= 4 is 11.8 Å². The Morgan fingerprint density at radius 1 is 1.41 bits per heavy atom. The van der Waals surface area contributed by atoms with Crippen LogP contribution in [0.15, 0.2) is 5.16 Å². The van der Waals surface area contributed by atoms with Crippen molar-refractivity contribution in [3.63, 3.8) is 0 Å². The molecule has 96 valence electrons. The summed E-state index contributed by atoms with van der Waals surface area (Å²) < 4.78 is 1.91. The van der Waals surface area contributed by atoms with Crippen LogP contribution in [0.5, 0.6) is 0 Å². The summed E-state index contributed by atoms with van der Waals surface area (Å²) in [6.45, 7) is 4.07. The van der Waals surface area contributed by atoms with Crippen LogP contribution in [0.4, 0.5) is 0 Å². The Morgan fingerprint density at radius 2 is 2.29 bits per heavy atom. The molecule has 0 unspecified atom stereocenters. The molecule has 0 aliphatic heterocycles. The first kappa shape index (κ1) is 12.8. The fourth-order valence-electron chi connectivity index (χ4n) is 1.62. The van der Waals surface area contributed by atoms with E-state index in [-0.39, 0.29) is 0 Å². The summed E-state index contributed by atoms with van der Waals surface area (Å²) in [6, 6.07) is 0.757. The molecule has 1 aromatic heterocycles. The van der Waals surface area contributed by atoms with Gasteiger partial charge in [0.25, 0.3) is 0 Å². The van der Waals surface area contributed by atoms with Crippen molar-refractivity contribution in [3.05, 3.63) is 0 Å². The maximum absolute atomic E-state index is 4.06. The highest BCUT2D eigenvalue weighted by atomic mass is 32.2. The van der Waals surface area contributed by atoms with Gasteiger partial charge in [0.2, 0.25) is 5.16 Å². The van der Waals surface area contributed by atoms with Crippen LogP contribution in [0.25, 0.3) is 0 Å². The molecule has 1 aliphatic carbocycles. The molecule has 17 heavy (non-hydrogen) atoms. The number of aromatic nitrogens is 4. The summed E-state index contributed by atoms with van der Waals surface area (Å²) in [7, 11) is 0. The smallest absolute Gasteiger partial charge is 0.209 e. The minimum absolute atomic E-state index is 0.757. The molecule has 0 bridgehead atoms. The zero-order valence-electron chi connectivity index (χ0n) is 10.4. The number of hydrogen-bond donors (Lipinski definition) is 1. The molecule has 1 heterocycles. The van der Waals surface area contributed by atoms with Gasteiger partial charge in [0.15, 0.2) is 0 Å². The van der Waals surface area contributed by atoms with Gasteiger partial charge < -0.3 is 5.32 Å². The van der Waals surface area contributed by atoms with Crippen molar-refractivity contribution in [1.82, 2.24) is 25.5 Å². The van der Waals surface area contributed by atoms with Crippen LogP contribution < -0.4 is 5.32 Å². The van der Waals surface area contributed by atoms with E-state index in [1.165, 1.54) is 32.1 Å². The van der Waals surface area contributed by atoms with Gasteiger partial charge in [-0.15, -0.1) is 5.10 Å². The minimum atomic E-state index is 0.757. The Hall–Kier alpha value is -0.620. The second-order valence-electron chi connectivity index (χ2n) is 4.47. The van der Waals surface area contributed by atoms with Crippen molar-refractivity contribution in [2.45, 2.75) is 56.8 Å². The molecule has 0 radical (unpaired) electrons. The van der Waals surface area contributed by atoms with Crippen molar-refractivity contribution < 1.29 is 0 Å². The highest BCUT2D eigenvalue weighted by molar-refractivity contribution is 7.99. The normalized spacial score (nSPS) is 15.4. The standard InChI is InChI=1S/C11H21N5S/c1-2-3-4-9-17-11-13-14-15-16(11)8-7-12-10-5-6-10/h10,12H,2-9H2,1H3. The SMILES string of the molecule is CCCCCSc1nnnn1CCNC1CC1. The summed E-state index contributed by atoms with van der Waals surface area (Å²) >= 11 is 1.77. The second kappa shape index (κ2) is 6.96. The fourth-order valence-corrected chi connectivity index (χ4v) is 2.52. The van der Waals surface area contributed by atoms with E-state index in [0.717, 1.165) is 30.0 Å². The van der Waals surface area contributed by atoms with E-state index in [1.54, 1.807) is 11.8 Å². The van der Waals surface area contributed by atoms with Crippen LogP contribution in [-0.2, 0) is 6.54 Å². The van der Waals surface area contributed by atoms with Crippen LogP contribution in [0, 0.1) is 0 Å². The molecular weight excluding hydrogens is 234 g/mol. The summed E-state index contributed by atoms with van der Waals surface area (Å²) in [5.41, 5.74) is 0. The molecular formula is C11H21N5S. The number of hydrogen-bond acceptors (Lipinski definition) is 5. The summed E-state index contributed by atoms with van der Waals surface area (Å²) in [5.74, 6) is 1.12. The third-order valence-electron chi connectivity index (χ3n) is 2.81. The second-order valence-corrected chi connectivity index (χ2v) is 5.53. The molecule has 0 spiro atoms. The Morgan fingerprint density at radius 3 is 3.06 bits per heavy atom. The lowest BCUT2D eigenvalue weighted by Gasteiger charge is -2.04.